The van der Waals surface area contributed by atoms with Gasteiger partial charge in [0, 0.05) is 0 Å². The Bertz CT molecular complexity index is 347. The fraction of sp³-hybridized carbons (Fsp3) is 1.00. The van der Waals surface area contributed by atoms with E-state index in [4.69, 9.17) is 4.55 Å². The zero-order valence-electron chi connectivity index (χ0n) is 6.80. The van der Waals surface area contributed by atoms with E-state index in [0.29, 0.717) is 6.26 Å². The van der Waals surface area contributed by atoms with E-state index < -0.39 is 25.2 Å². The average Bonchev–Trinajstić information content (AvgIpc) is 1.52. The van der Waals surface area contributed by atoms with E-state index in [2.05, 4.69) is 4.18 Å². The summed E-state index contributed by atoms with van der Waals surface area (Å²) in [6, 6.07) is 0. The van der Waals surface area contributed by atoms with Gasteiger partial charge in [0.25, 0.3) is 20.2 Å². The first-order chi connectivity index (χ1) is 4.96. The molecule has 0 saturated heterocycles. The molecule has 0 aliphatic carbocycles. The molecule has 0 aromatic carbocycles. The molecule has 0 aromatic heterocycles. The highest BCUT2D eigenvalue weighted by Crippen LogP contribution is 2.18. The first-order valence-electron chi connectivity index (χ1n) is 2.83. The van der Waals surface area contributed by atoms with Gasteiger partial charge in [-0.15, -0.1) is 0 Å². The molecule has 74 valence electrons. The highest BCUT2D eigenvalue weighted by Gasteiger charge is 2.37. The fourth-order valence-corrected chi connectivity index (χ4v) is 1.85. The maximum Gasteiger partial charge on any atom is 0.296 e. The second kappa shape index (κ2) is 2.95. The van der Waals surface area contributed by atoms with E-state index in [1.807, 2.05) is 0 Å². The van der Waals surface area contributed by atoms with Crippen molar-refractivity contribution in [2.24, 2.45) is 0 Å². The number of rotatable bonds is 3. The van der Waals surface area contributed by atoms with Gasteiger partial charge < -0.3 is 0 Å². The van der Waals surface area contributed by atoms with Crippen molar-refractivity contribution in [3.05, 3.63) is 0 Å². The average molecular weight is 218 g/mol. The summed E-state index contributed by atoms with van der Waals surface area (Å²) in [6.07, 6.45) is 0.694. The van der Waals surface area contributed by atoms with Gasteiger partial charge in [0.05, 0.1) is 6.26 Å². The van der Waals surface area contributed by atoms with Gasteiger partial charge in [-0.1, -0.05) is 0 Å². The van der Waals surface area contributed by atoms with Crippen molar-refractivity contribution in [1.29, 1.82) is 0 Å². The van der Waals surface area contributed by atoms with E-state index in [0.717, 1.165) is 13.8 Å². The van der Waals surface area contributed by atoms with Crippen LogP contribution in [0, 0.1) is 0 Å². The van der Waals surface area contributed by atoms with E-state index in [1.165, 1.54) is 0 Å². The van der Waals surface area contributed by atoms with Gasteiger partial charge in [-0.05, 0) is 13.8 Å². The maximum absolute atomic E-state index is 10.5. The Morgan fingerprint density at radius 2 is 1.50 bits per heavy atom. The molecule has 0 aromatic rings. The van der Waals surface area contributed by atoms with Crippen molar-refractivity contribution in [2.75, 3.05) is 6.26 Å². The fourth-order valence-electron chi connectivity index (χ4n) is 0.408. The van der Waals surface area contributed by atoms with Crippen LogP contribution in [0.4, 0.5) is 0 Å². The molecular weight excluding hydrogens is 208 g/mol. The predicted molar refractivity (Wildman–Crippen MR) is 41.6 cm³/mol. The normalized spacial score (nSPS) is 14.7. The van der Waals surface area contributed by atoms with Crippen LogP contribution in [0.2, 0.25) is 0 Å². The smallest absolute Gasteiger partial charge is 0.283 e. The van der Waals surface area contributed by atoms with Crippen LogP contribution in [0.15, 0.2) is 0 Å². The van der Waals surface area contributed by atoms with Crippen molar-refractivity contribution < 1.29 is 25.6 Å². The molecule has 6 nitrogen and oxygen atoms in total. The highest BCUT2D eigenvalue weighted by molar-refractivity contribution is 7.89. The molecule has 0 fully saturated rings. The van der Waals surface area contributed by atoms with Crippen LogP contribution in [0.25, 0.3) is 0 Å². The molecule has 0 saturated carbocycles. The summed E-state index contributed by atoms with van der Waals surface area (Å²) in [5.41, 5.74) is 0. The lowest BCUT2D eigenvalue weighted by molar-refractivity contribution is 0.188. The van der Waals surface area contributed by atoms with E-state index in [-0.39, 0.29) is 0 Å². The second-order valence-corrected chi connectivity index (χ2v) is 6.17. The third-order valence-corrected chi connectivity index (χ3v) is 3.12. The molecule has 8 heteroatoms. The van der Waals surface area contributed by atoms with Gasteiger partial charge in [0.15, 0.2) is 0 Å². The Balaban J connectivity index is 4.94. The molecule has 0 heterocycles. The Hall–Kier alpha value is -0.180. The van der Waals surface area contributed by atoms with Crippen LogP contribution in [-0.4, -0.2) is 32.6 Å². The molecule has 0 amide bonds. The molecule has 12 heavy (non-hydrogen) atoms. The quantitative estimate of drug-likeness (QED) is 0.510. The third-order valence-electron chi connectivity index (χ3n) is 0.973. The molecule has 0 spiro atoms. The highest BCUT2D eigenvalue weighted by atomic mass is 32.2. The number of hydrogen-bond acceptors (Lipinski definition) is 5. The van der Waals surface area contributed by atoms with Crippen LogP contribution < -0.4 is 0 Å². The van der Waals surface area contributed by atoms with Gasteiger partial charge in [-0.25, -0.2) is 4.18 Å². The van der Waals surface area contributed by atoms with Gasteiger partial charge >= 0.3 is 0 Å². The zero-order valence-corrected chi connectivity index (χ0v) is 8.44. The maximum atomic E-state index is 10.5. The van der Waals surface area contributed by atoms with Crippen LogP contribution in [0.5, 0.6) is 0 Å². The summed E-state index contributed by atoms with van der Waals surface area (Å²) in [4.78, 5) is -2.14. The van der Waals surface area contributed by atoms with Crippen molar-refractivity contribution in [2.45, 2.75) is 18.8 Å². The molecule has 0 unspecified atom stereocenters. The lowest BCUT2D eigenvalue weighted by Crippen LogP contribution is -2.36. The van der Waals surface area contributed by atoms with Crippen LogP contribution in [0.1, 0.15) is 13.8 Å². The van der Waals surface area contributed by atoms with Gasteiger partial charge in [-0.3, -0.25) is 4.55 Å². The molecule has 1 N–H and O–H groups in total. The Labute approximate surface area is 71.4 Å². The molecule has 0 bridgehead atoms. The lowest BCUT2D eigenvalue weighted by atomic mass is 10.5. The SMILES string of the molecule is CC(C)(OS(C)(=O)=O)S(=O)(=O)O. The summed E-state index contributed by atoms with van der Waals surface area (Å²) in [7, 11) is -8.44. The molecule has 0 atom stereocenters. The Morgan fingerprint density at radius 3 is 1.58 bits per heavy atom. The summed E-state index contributed by atoms with van der Waals surface area (Å²) in [5, 5.41) is 0. The summed E-state index contributed by atoms with van der Waals surface area (Å²) < 4.78 is 54.6. The van der Waals surface area contributed by atoms with E-state index in [1.54, 1.807) is 0 Å². The zero-order chi connectivity index (χ0) is 10.2. The van der Waals surface area contributed by atoms with E-state index in [9.17, 15) is 16.8 Å². The molecule has 0 aliphatic heterocycles. The summed E-state index contributed by atoms with van der Waals surface area (Å²) in [6.45, 7) is 1.87. The Kier molecular flexibility index (Phi) is 2.90. The van der Waals surface area contributed by atoms with Gasteiger partial charge in [-0.2, -0.15) is 16.8 Å². The van der Waals surface area contributed by atoms with Crippen LogP contribution in [-0.2, 0) is 24.4 Å². The topological polar surface area (TPSA) is 97.7 Å². The monoisotopic (exact) mass is 218 g/mol. The van der Waals surface area contributed by atoms with Gasteiger partial charge in [0.1, 0.15) is 0 Å². The lowest BCUT2D eigenvalue weighted by Gasteiger charge is -2.18. The first kappa shape index (κ1) is 11.8. The first-order valence-corrected chi connectivity index (χ1v) is 6.09. The predicted octanol–water partition coefficient (Wildman–Crippen LogP) is -0.413. The van der Waals surface area contributed by atoms with Crippen LogP contribution in [0.3, 0.4) is 0 Å². The summed E-state index contributed by atoms with van der Waals surface area (Å²) >= 11 is 0. The Morgan fingerprint density at radius 1 is 1.17 bits per heavy atom. The molecule has 0 aliphatic rings. The minimum atomic E-state index is -4.54. The minimum Gasteiger partial charge on any atom is -0.283 e. The molecular formula is C4H10O6S2. The van der Waals surface area contributed by atoms with E-state index >= 15 is 0 Å². The van der Waals surface area contributed by atoms with Crippen molar-refractivity contribution in [3.8, 4) is 0 Å². The molecule has 0 radical (unpaired) electrons. The van der Waals surface area contributed by atoms with Crippen molar-refractivity contribution >= 4 is 20.2 Å². The second-order valence-electron chi connectivity index (χ2n) is 2.66. The summed E-state index contributed by atoms with van der Waals surface area (Å²) in [5.74, 6) is 0. The van der Waals surface area contributed by atoms with Crippen molar-refractivity contribution in [3.63, 3.8) is 0 Å². The third kappa shape index (κ3) is 3.48. The van der Waals surface area contributed by atoms with Gasteiger partial charge in [0.2, 0.25) is 4.93 Å². The minimum absolute atomic E-state index is 0.694. The molecule has 0 rings (SSSR count). The number of hydrogen-bond donors (Lipinski definition) is 1. The standard InChI is InChI=1S/C4H10O6S2/c1-4(2,12(7,8)9)10-11(3,5)6/h1-3H3,(H,7,8,9). The van der Waals surface area contributed by atoms with Crippen molar-refractivity contribution in [1.82, 2.24) is 0 Å². The largest absolute Gasteiger partial charge is 0.296 e. The van der Waals surface area contributed by atoms with Crippen LogP contribution >= 0.6 is 0 Å².